The molecule has 2 aliphatic rings. The maximum absolute atomic E-state index is 6.86. The SMILES string of the molecule is c1ccc(-c2ccc(-c3nc(-c4cccc(-c5ccccc5)c4)nc(-c4ccccc4-c4ccc5c(c4)sc4cc(C6(c7ccccc7)c7ccccc7-c7ccccc76)ccc45)n3)cc2)cc1.c1ccc(C2(c3ccc4c(c3)oc3cc(-c5nc(-c6ccc(-c7ccc8ccccc8c7)cc6)nc(-c6ccc7ccccc7c6)n5)ccc34)c3ccccc3-c3ccccc32)cc1. The highest BCUT2D eigenvalue weighted by atomic mass is 32.1. The molecule has 0 bridgehead atoms. The van der Waals surface area contributed by atoms with Gasteiger partial charge in [-0.25, -0.2) is 29.9 Å². The zero-order valence-corrected chi connectivity index (χ0v) is 72.3. The number of hydrogen-bond acceptors (Lipinski definition) is 8. The molecule has 2 aliphatic carbocycles. The number of hydrogen-bond donors (Lipinski definition) is 0. The van der Waals surface area contributed by atoms with Crippen molar-refractivity contribution in [2.45, 2.75) is 10.8 Å². The highest BCUT2D eigenvalue weighted by molar-refractivity contribution is 7.25. The van der Waals surface area contributed by atoms with Crippen LogP contribution in [-0.4, -0.2) is 29.9 Å². The summed E-state index contributed by atoms with van der Waals surface area (Å²) in [5.41, 5.74) is 30.4. The summed E-state index contributed by atoms with van der Waals surface area (Å²) < 4.78 is 9.36. The van der Waals surface area contributed by atoms with Gasteiger partial charge in [0.1, 0.15) is 11.2 Å². The van der Waals surface area contributed by atoms with Crippen molar-refractivity contribution in [3.63, 3.8) is 0 Å². The first-order valence-electron chi connectivity index (χ1n) is 44.8. The van der Waals surface area contributed by atoms with Gasteiger partial charge in [0.2, 0.25) is 0 Å². The van der Waals surface area contributed by atoms with Crippen LogP contribution in [0.25, 0.3) is 199 Å². The number of thiophene rings is 1. The minimum absolute atomic E-state index is 0.446. The quantitative estimate of drug-likeness (QED) is 0.107. The van der Waals surface area contributed by atoms with Crippen molar-refractivity contribution >= 4 is 75.0 Å². The first-order chi connectivity index (χ1) is 65.4. The van der Waals surface area contributed by atoms with Gasteiger partial charge in [0, 0.05) is 64.3 Å². The minimum atomic E-state index is -0.513. The molecule has 0 N–H and O–H groups in total. The van der Waals surface area contributed by atoms with Crippen molar-refractivity contribution in [1.29, 1.82) is 0 Å². The molecule has 4 heterocycles. The number of benzene rings is 20. The molecule has 0 radical (unpaired) electrons. The fourth-order valence-electron chi connectivity index (χ4n) is 20.6. The van der Waals surface area contributed by atoms with Crippen molar-refractivity contribution in [2.75, 3.05) is 0 Å². The van der Waals surface area contributed by atoms with Gasteiger partial charge in [-0.05, 0) is 181 Å². The van der Waals surface area contributed by atoms with Crippen LogP contribution in [0.4, 0.5) is 0 Å². The summed E-state index contributed by atoms with van der Waals surface area (Å²) in [5.74, 6) is 3.68. The Morgan fingerprint density at radius 1 is 0.167 bits per heavy atom. The normalized spacial score (nSPS) is 12.7. The highest BCUT2D eigenvalue weighted by Crippen LogP contribution is 2.59. The largest absolute Gasteiger partial charge is 0.456 e. The molecular formula is C124H78N6OS. The Morgan fingerprint density at radius 2 is 0.477 bits per heavy atom. The second kappa shape index (κ2) is 32.1. The molecule has 0 saturated heterocycles. The van der Waals surface area contributed by atoms with Gasteiger partial charge in [0.25, 0.3) is 0 Å². The molecule has 0 atom stereocenters. The van der Waals surface area contributed by atoms with Crippen LogP contribution in [0.2, 0.25) is 0 Å². The third-order valence-electron chi connectivity index (χ3n) is 26.9. The monoisotopic (exact) mass is 1700 g/mol. The fourth-order valence-corrected chi connectivity index (χ4v) is 21.8. The second-order valence-corrected chi connectivity index (χ2v) is 35.3. The molecule has 20 aromatic carbocycles. The molecule has 0 aliphatic heterocycles. The number of nitrogens with zero attached hydrogens (tertiary/aromatic N) is 6. The van der Waals surface area contributed by atoms with E-state index in [1.54, 1.807) is 0 Å². The van der Waals surface area contributed by atoms with E-state index in [1.165, 1.54) is 103 Å². The van der Waals surface area contributed by atoms with Crippen molar-refractivity contribution in [3.05, 3.63) is 518 Å². The van der Waals surface area contributed by atoms with Crippen LogP contribution in [0.15, 0.2) is 478 Å². The molecule has 4 aromatic heterocycles. The van der Waals surface area contributed by atoms with E-state index in [1.807, 2.05) is 23.5 Å². The Labute approximate surface area is 767 Å². The molecule has 8 heteroatoms. The van der Waals surface area contributed by atoms with Gasteiger partial charge in [0.05, 0.1) is 10.8 Å². The van der Waals surface area contributed by atoms with Crippen LogP contribution in [0.5, 0.6) is 0 Å². The zero-order chi connectivity index (χ0) is 87.2. The minimum Gasteiger partial charge on any atom is -0.456 e. The van der Waals surface area contributed by atoms with Crippen molar-refractivity contribution in [1.82, 2.24) is 29.9 Å². The van der Waals surface area contributed by atoms with E-state index in [2.05, 4.69) is 461 Å². The van der Waals surface area contributed by atoms with E-state index in [4.69, 9.17) is 34.3 Å². The van der Waals surface area contributed by atoms with Gasteiger partial charge in [0.15, 0.2) is 34.9 Å². The van der Waals surface area contributed by atoms with Gasteiger partial charge >= 0.3 is 0 Å². The Morgan fingerprint density at radius 3 is 1.01 bits per heavy atom. The summed E-state index contributed by atoms with van der Waals surface area (Å²) in [4.78, 5) is 31.1. The molecule has 0 amide bonds. The summed E-state index contributed by atoms with van der Waals surface area (Å²) in [6.07, 6.45) is 0. The summed E-state index contributed by atoms with van der Waals surface area (Å²) >= 11 is 1.86. The molecule has 0 unspecified atom stereocenters. The number of furan rings is 1. The average molecular weight is 1700 g/mol. The van der Waals surface area contributed by atoms with Crippen LogP contribution < -0.4 is 0 Å². The topological polar surface area (TPSA) is 90.5 Å². The predicted octanol–water partition coefficient (Wildman–Crippen LogP) is 31.7. The van der Waals surface area contributed by atoms with Crippen LogP contribution >= 0.6 is 11.3 Å². The molecule has 0 spiro atoms. The van der Waals surface area contributed by atoms with Crippen molar-refractivity contribution in [2.24, 2.45) is 0 Å². The van der Waals surface area contributed by atoms with E-state index < -0.39 is 10.8 Å². The summed E-state index contributed by atoms with van der Waals surface area (Å²) in [6.45, 7) is 0. The van der Waals surface area contributed by atoms with Gasteiger partial charge in [-0.2, -0.15) is 0 Å². The Hall–Kier alpha value is -17.0. The molecular weight excluding hydrogens is 1620 g/mol. The first kappa shape index (κ1) is 77.3. The standard InChI is InChI=1S/C64H41N3S.C60H37N3O/c1-4-17-42(18-5-1)44-31-33-45(34-32-44)61-65-62(48-22-16-21-46(39-48)43-19-6-2-7-20-43)67-63(66-61)56-28-11-10-25-51(56)47-35-37-54-55-38-36-50(41-60(55)68-59(54)40-47)64(49-23-8-3-9-24-49)57-29-14-12-26-52(57)53-27-13-15-30-58(53)64;1-2-16-47(17-3-1)60(53-20-10-8-18-49(53)50-19-9-11-21-54(50)60)48-31-33-52-51-32-30-46(36-55(51)64-56(52)37-48)59-62-57(61-58(63-59)45-29-25-39-13-5-7-15-43(39)35-45)41-26-22-40(23-27-41)44-28-24-38-12-4-6-14-42(38)34-44/h1-41H;1-37H. The van der Waals surface area contributed by atoms with E-state index in [0.717, 1.165) is 105 Å². The van der Waals surface area contributed by atoms with E-state index >= 15 is 0 Å². The van der Waals surface area contributed by atoms with Gasteiger partial charge in [-0.3, -0.25) is 0 Å². The van der Waals surface area contributed by atoms with Crippen LogP contribution in [0, 0.1) is 0 Å². The third-order valence-corrected chi connectivity index (χ3v) is 28.0. The number of rotatable bonds is 14. The lowest BCUT2D eigenvalue weighted by atomic mass is 9.67. The van der Waals surface area contributed by atoms with E-state index in [9.17, 15) is 0 Å². The molecule has 0 saturated carbocycles. The van der Waals surface area contributed by atoms with Crippen molar-refractivity contribution < 1.29 is 4.42 Å². The Balaban J connectivity index is 0.000000142. The lowest BCUT2D eigenvalue weighted by Gasteiger charge is -2.33. The fraction of sp³-hybridized carbons (Fsp3) is 0.0161. The molecule has 132 heavy (non-hydrogen) atoms. The van der Waals surface area contributed by atoms with Crippen LogP contribution in [0.1, 0.15) is 44.5 Å². The van der Waals surface area contributed by atoms with Gasteiger partial charge in [-0.1, -0.05) is 425 Å². The third kappa shape index (κ3) is 13.2. The van der Waals surface area contributed by atoms with Gasteiger partial charge in [-0.15, -0.1) is 11.3 Å². The second-order valence-electron chi connectivity index (χ2n) is 34.2. The first-order valence-corrected chi connectivity index (χ1v) is 45.6. The molecule has 24 aromatic rings. The maximum Gasteiger partial charge on any atom is 0.164 e. The molecule has 616 valence electrons. The Bertz CT molecular complexity index is 8560. The molecule has 26 rings (SSSR count). The maximum atomic E-state index is 6.86. The zero-order valence-electron chi connectivity index (χ0n) is 71.5. The summed E-state index contributed by atoms with van der Waals surface area (Å²) in [5, 5.41) is 9.36. The lowest BCUT2D eigenvalue weighted by molar-refractivity contribution is 0.665. The Kier molecular flexibility index (Phi) is 18.8. The number of aromatic nitrogens is 6. The summed E-state index contributed by atoms with van der Waals surface area (Å²) in [7, 11) is 0. The van der Waals surface area contributed by atoms with E-state index in [-0.39, 0.29) is 0 Å². The van der Waals surface area contributed by atoms with E-state index in [0.29, 0.717) is 34.9 Å². The van der Waals surface area contributed by atoms with Gasteiger partial charge < -0.3 is 4.42 Å². The summed E-state index contributed by atoms with van der Waals surface area (Å²) in [6, 6.07) is 169. The lowest BCUT2D eigenvalue weighted by Crippen LogP contribution is -2.28. The van der Waals surface area contributed by atoms with Crippen LogP contribution in [0.3, 0.4) is 0 Å². The van der Waals surface area contributed by atoms with Crippen molar-refractivity contribution in [3.8, 4) is 135 Å². The molecule has 0 fully saturated rings. The molecule has 7 nitrogen and oxygen atoms in total. The predicted molar refractivity (Wildman–Crippen MR) is 544 cm³/mol. The van der Waals surface area contributed by atoms with Crippen LogP contribution in [-0.2, 0) is 10.8 Å². The highest BCUT2D eigenvalue weighted by Gasteiger charge is 2.48. The average Bonchev–Trinajstić information content (AvgIpc) is 1.54. The number of fused-ring (bicyclic) bond motifs is 14. The smallest absolute Gasteiger partial charge is 0.164 e.